The van der Waals surface area contributed by atoms with Crippen molar-refractivity contribution in [2.45, 2.75) is 18.9 Å². The van der Waals surface area contributed by atoms with Gasteiger partial charge in [0.15, 0.2) is 0 Å². The van der Waals surface area contributed by atoms with Crippen LogP contribution in [0.25, 0.3) is 0 Å². The molecular formula is C11H14BrN5O3. The van der Waals surface area contributed by atoms with E-state index in [0.29, 0.717) is 0 Å². The molecule has 1 aromatic rings. The van der Waals surface area contributed by atoms with Gasteiger partial charge in [-0.05, 0) is 41.9 Å². The third-order valence-corrected chi connectivity index (χ3v) is 3.45. The van der Waals surface area contributed by atoms with E-state index in [1.54, 1.807) is 6.07 Å². The summed E-state index contributed by atoms with van der Waals surface area (Å²) in [5.41, 5.74) is 4.86. The van der Waals surface area contributed by atoms with Crippen LogP contribution in [0.3, 0.4) is 0 Å². The van der Waals surface area contributed by atoms with Crippen molar-refractivity contribution >= 4 is 27.4 Å². The number of nitrogen functional groups attached to an aromatic ring is 1. The zero-order valence-electron chi connectivity index (χ0n) is 10.5. The number of nitrogens with zero attached hydrogens (tertiary/aromatic N) is 3. The molecule has 0 spiro atoms. The zero-order chi connectivity index (χ0) is 15.1. The second-order valence-corrected chi connectivity index (χ2v) is 4.86. The summed E-state index contributed by atoms with van der Waals surface area (Å²) in [6.07, 6.45) is 2.79. The summed E-state index contributed by atoms with van der Waals surface area (Å²) >= 11 is 2.95. The Labute approximate surface area is 123 Å². The molecule has 2 rings (SSSR count). The summed E-state index contributed by atoms with van der Waals surface area (Å²) in [7, 11) is 0. The lowest BCUT2D eigenvalue weighted by atomic mass is 10.1. The smallest absolute Gasteiger partial charge is 0.306 e. The van der Waals surface area contributed by atoms with Crippen molar-refractivity contribution in [2.24, 2.45) is 0 Å². The van der Waals surface area contributed by atoms with Crippen LogP contribution in [-0.4, -0.2) is 34.2 Å². The van der Waals surface area contributed by atoms with Gasteiger partial charge in [0.25, 0.3) is 0 Å². The van der Waals surface area contributed by atoms with Gasteiger partial charge in [0.05, 0.1) is 15.5 Å². The molecule has 0 aliphatic carbocycles. The van der Waals surface area contributed by atoms with E-state index in [0.717, 1.165) is 32.1 Å². The molecule has 1 aliphatic rings. The minimum absolute atomic E-state index is 0.0266. The summed E-state index contributed by atoms with van der Waals surface area (Å²) in [4.78, 5) is 13.3. The van der Waals surface area contributed by atoms with Gasteiger partial charge in [-0.25, -0.2) is 4.98 Å². The van der Waals surface area contributed by atoms with E-state index in [9.17, 15) is 10.1 Å². The molecule has 8 nitrogen and oxygen atoms in total. The molecule has 0 amide bonds. The van der Waals surface area contributed by atoms with Crippen molar-refractivity contribution < 1.29 is 10.0 Å². The molecule has 0 atom stereocenters. The van der Waals surface area contributed by atoms with E-state index in [-0.39, 0.29) is 27.6 Å². The number of aromatic nitrogens is 1. The fourth-order valence-electron chi connectivity index (χ4n) is 1.54. The molecule has 0 radical (unpaired) electrons. The second-order valence-electron chi connectivity index (χ2n) is 4.07. The lowest BCUT2D eigenvalue weighted by molar-refractivity contribution is -0.385. The number of hydrogen-bond acceptors (Lipinski definition) is 7. The number of nitrogens with one attached hydrogen (secondary N) is 1. The number of piperidine rings is 1. The monoisotopic (exact) mass is 343 g/mol. The van der Waals surface area contributed by atoms with Crippen LogP contribution in [0.5, 0.6) is 0 Å². The Morgan fingerprint density at radius 1 is 1.60 bits per heavy atom. The first-order valence-electron chi connectivity index (χ1n) is 5.84. The van der Waals surface area contributed by atoms with Gasteiger partial charge in [0.1, 0.15) is 23.6 Å². The fraction of sp³-hybridized carbons (Fsp3) is 0.455. The Bertz CT molecular complexity index is 526. The number of nitro groups is 1. The molecule has 9 heteroatoms. The van der Waals surface area contributed by atoms with Gasteiger partial charge in [-0.2, -0.15) is 5.26 Å². The van der Waals surface area contributed by atoms with Gasteiger partial charge in [-0.15, -0.1) is 0 Å². The largest absolute Gasteiger partial charge is 0.393 e. The average Bonchev–Trinajstić information content (AvgIpc) is 2.43. The zero-order valence-corrected chi connectivity index (χ0v) is 12.1. The Morgan fingerprint density at radius 2 is 2.20 bits per heavy atom. The van der Waals surface area contributed by atoms with Crippen LogP contribution < -0.4 is 11.1 Å². The quantitative estimate of drug-likeness (QED) is 0.509. The third kappa shape index (κ3) is 4.41. The van der Waals surface area contributed by atoms with Crippen molar-refractivity contribution in [3.8, 4) is 6.07 Å². The van der Waals surface area contributed by atoms with Crippen LogP contribution in [0, 0.1) is 21.4 Å². The van der Waals surface area contributed by atoms with Gasteiger partial charge >= 0.3 is 5.69 Å². The van der Waals surface area contributed by atoms with Crippen molar-refractivity contribution in [3.63, 3.8) is 0 Å². The number of anilines is 1. The van der Waals surface area contributed by atoms with E-state index < -0.39 is 4.92 Å². The maximum atomic E-state index is 10.4. The first kappa shape index (κ1) is 16.3. The van der Waals surface area contributed by atoms with Crippen LogP contribution in [0.15, 0.2) is 10.7 Å². The predicted octanol–water partition coefficient (Wildman–Crippen LogP) is 0.937. The van der Waals surface area contributed by atoms with Crippen molar-refractivity contribution in [2.75, 3.05) is 18.8 Å². The Balaban J connectivity index is 0.000000240. The predicted molar refractivity (Wildman–Crippen MR) is 75.8 cm³/mol. The van der Waals surface area contributed by atoms with Crippen molar-refractivity contribution in [1.29, 1.82) is 5.26 Å². The number of nitriles is 1. The standard InChI is InChI=1S/C6H3BrN4O2.C5H11NO/c7-5-3(1-8)4(11(12)13)2-10-6(5)9;7-5-1-3-6-4-2-5/h2H,(H2,9,10);5-7H,1-4H2. The van der Waals surface area contributed by atoms with Crippen LogP contribution in [0.4, 0.5) is 11.5 Å². The van der Waals surface area contributed by atoms with Crippen LogP contribution in [0.1, 0.15) is 18.4 Å². The first-order chi connectivity index (χ1) is 9.47. The second kappa shape index (κ2) is 7.74. The summed E-state index contributed by atoms with van der Waals surface area (Å²) < 4.78 is 0.157. The number of aliphatic hydroxyl groups excluding tert-OH is 1. The SMILES string of the molecule is N#Cc1c([N+](=O)[O-])cnc(N)c1Br.OC1CCNCC1. The van der Waals surface area contributed by atoms with E-state index in [1.807, 2.05) is 0 Å². The van der Waals surface area contributed by atoms with Crippen LogP contribution in [-0.2, 0) is 0 Å². The number of hydrogen-bond donors (Lipinski definition) is 3. The fourth-order valence-corrected chi connectivity index (χ4v) is 1.94. The third-order valence-electron chi connectivity index (χ3n) is 2.64. The minimum atomic E-state index is -0.685. The molecule has 1 aliphatic heterocycles. The molecule has 2 heterocycles. The highest BCUT2D eigenvalue weighted by Gasteiger charge is 2.19. The number of nitrogens with two attached hydrogens (primary N) is 1. The van der Waals surface area contributed by atoms with E-state index in [1.165, 1.54) is 0 Å². The molecule has 1 fully saturated rings. The number of aliphatic hydroxyl groups is 1. The topological polar surface area (TPSA) is 138 Å². The number of halogens is 1. The van der Waals surface area contributed by atoms with E-state index in [2.05, 4.69) is 26.2 Å². The van der Waals surface area contributed by atoms with Gasteiger partial charge in [-0.3, -0.25) is 10.1 Å². The summed E-state index contributed by atoms with van der Waals surface area (Å²) in [6, 6.07) is 1.68. The number of rotatable bonds is 1. The summed E-state index contributed by atoms with van der Waals surface area (Å²) in [6.45, 7) is 1.97. The lowest BCUT2D eigenvalue weighted by Crippen LogP contribution is -2.30. The minimum Gasteiger partial charge on any atom is -0.393 e. The Kier molecular flexibility index (Phi) is 6.30. The lowest BCUT2D eigenvalue weighted by Gasteiger charge is -2.16. The van der Waals surface area contributed by atoms with Crippen LogP contribution in [0.2, 0.25) is 0 Å². The molecule has 108 valence electrons. The molecular weight excluding hydrogens is 330 g/mol. The van der Waals surface area contributed by atoms with Crippen molar-refractivity contribution in [3.05, 3.63) is 26.3 Å². The maximum absolute atomic E-state index is 10.4. The number of pyridine rings is 1. The molecule has 1 saturated heterocycles. The molecule has 0 aromatic carbocycles. The van der Waals surface area contributed by atoms with E-state index in [4.69, 9.17) is 16.1 Å². The summed E-state index contributed by atoms with van der Waals surface area (Å²) in [5, 5.41) is 31.0. The Morgan fingerprint density at radius 3 is 2.60 bits per heavy atom. The highest BCUT2D eigenvalue weighted by atomic mass is 79.9. The molecule has 0 saturated carbocycles. The van der Waals surface area contributed by atoms with Gasteiger partial charge in [0, 0.05) is 0 Å². The average molecular weight is 344 g/mol. The normalized spacial score (nSPS) is 14.8. The summed E-state index contributed by atoms with van der Waals surface area (Å²) in [5.74, 6) is 0.0575. The maximum Gasteiger partial charge on any atom is 0.306 e. The molecule has 1 aromatic heterocycles. The molecule has 20 heavy (non-hydrogen) atoms. The van der Waals surface area contributed by atoms with E-state index >= 15 is 0 Å². The first-order valence-corrected chi connectivity index (χ1v) is 6.64. The molecule has 4 N–H and O–H groups in total. The van der Waals surface area contributed by atoms with Gasteiger partial charge < -0.3 is 16.2 Å². The highest BCUT2D eigenvalue weighted by Crippen LogP contribution is 2.28. The molecule has 0 unspecified atom stereocenters. The van der Waals surface area contributed by atoms with Gasteiger partial charge in [0.2, 0.25) is 0 Å². The Hall–Kier alpha value is -1.76. The van der Waals surface area contributed by atoms with Crippen LogP contribution >= 0.6 is 15.9 Å². The van der Waals surface area contributed by atoms with Crippen molar-refractivity contribution in [1.82, 2.24) is 10.3 Å². The molecule has 0 bridgehead atoms. The highest BCUT2D eigenvalue weighted by molar-refractivity contribution is 9.10. The van der Waals surface area contributed by atoms with Gasteiger partial charge in [-0.1, -0.05) is 0 Å².